The lowest BCUT2D eigenvalue weighted by Gasteiger charge is -2.42. The molecule has 1 fully saturated rings. The normalized spacial score (nSPS) is 27.9. The van der Waals surface area contributed by atoms with Crippen LogP contribution in [0.25, 0.3) is 20.9 Å². The first-order chi connectivity index (χ1) is 11.8. The SMILES string of the molecule is CC(=O)OC[C@H]1O[C@H](N=[N+]=[N-])[C@@H](N=[N+]=[N-])[C@@H](OC(C)=O)[C@@H]1OC(C)=O. The van der Waals surface area contributed by atoms with E-state index in [2.05, 4.69) is 20.1 Å². The fourth-order valence-electron chi connectivity index (χ4n) is 2.23. The van der Waals surface area contributed by atoms with Crippen LogP contribution in [0.5, 0.6) is 0 Å². The Morgan fingerprint density at radius 2 is 1.52 bits per heavy atom. The van der Waals surface area contributed by atoms with E-state index in [1.54, 1.807) is 0 Å². The Morgan fingerprint density at radius 1 is 0.960 bits per heavy atom. The van der Waals surface area contributed by atoms with Crippen molar-refractivity contribution >= 4 is 17.9 Å². The molecule has 1 rings (SSSR count). The number of carbonyl (C=O) groups is 3. The molecule has 0 bridgehead atoms. The Morgan fingerprint density at radius 3 is 2.00 bits per heavy atom. The van der Waals surface area contributed by atoms with Crippen molar-refractivity contribution in [2.45, 2.75) is 51.4 Å². The average Bonchev–Trinajstić information content (AvgIpc) is 2.50. The van der Waals surface area contributed by atoms with Gasteiger partial charge in [-0.2, -0.15) is 0 Å². The molecule has 0 aromatic rings. The van der Waals surface area contributed by atoms with E-state index in [1.165, 1.54) is 0 Å². The van der Waals surface area contributed by atoms with Gasteiger partial charge in [-0.15, -0.1) is 0 Å². The molecule has 25 heavy (non-hydrogen) atoms. The highest BCUT2D eigenvalue weighted by atomic mass is 16.6. The largest absolute Gasteiger partial charge is 0.463 e. The highest BCUT2D eigenvalue weighted by Gasteiger charge is 2.49. The fraction of sp³-hybridized carbons (Fsp3) is 0.750. The van der Waals surface area contributed by atoms with Crippen LogP contribution in [0.15, 0.2) is 10.2 Å². The lowest BCUT2D eigenvalue weighted by Crippen LogP contribution is -2.60. The Hall–Kier alpha value is -3.01. The molecule has 0 aliphatic carbocycles. The first-order valence-electron chi connectivity index (χ1n) is 7.01. The van der Waals surface area contributed by atoms with E-state index in [9.17, 15) is 14.4 Å². The van der Waals surface area contributed by atoms with Crippen LogP contribution in [0, 0.1) is 0 Å². The van der Waals surface area contributed by atoms with Gasteiger partial charge in [0.15, 0.2) is 12.2 Å². The summed E-state index contributed by atoms with van der Waals surface area (Å²) in [5.41, 5.74) is 17.4. The zero-order valence-corrected chi connectivity index (χ0v) is 13.6. The standard InChI is InChI=1S/C12H16N6O7/c1-5(19)22-4-8-10(23-6(2)20)11(24-7(3)21)9(15-17-13)12(25-8)16-18-14/h8-12H,4H2,1-3H3/t8-,9+,10-,11-,12+/m1/s1. The molecule has 0 aromatic heterocycles. The van der Waals surface area contributed by atoms with Crippen LogP contribution in [-0.2, 0) is 33.3 Å². The molecule has 1 heterocycles. The van der Waals surface area contributed by atoms with Crippen LogP contribution in [0.1, 0.15) is 20.8 Å². The first kappa shape index (κ1) is 20.0. The van der Waals surface area contributed by atoms with E-state index < -0.39 is 48.5 Å². The van der Waals surface area contributed by atoms with E-state index in [4.69, 9.17) is 30.0 Å². The Kier molecular flexibility index (Phi) is 7.47. The van der Waals surface area contributed by atoms with E-state index in [0.29, 0.717) is 0 Å². The molecule has 13 nitrogen and oxygen atoms in total. The molecular formula is C12H16N6O7. The van der Waals surface area contributed by atoms with Crippen molar-refractivity contribution in [3.63, 3.8) is 0 Å². The van der Waals surface area contributed by atoms with E-state index in [0.717, 1.165) is 20.8 Å². The Bertz CT molecular complexity index is 627. The molecule has 1 aliphatic rings. The smallest absolute Gasteiger partial charge is 0.303 e. The molecule has 136 valence electrons. The minimum atomic E-state index is -1.36. The molecule has 0 saturated carbocycles. The molecule has 0 aromatic carbocycles. The first-order valence-corrected chi connectivity index (χ1v) is 7.01. The van der Waals surface area contributed by atoms with Gasteiger partial charge in [-0.25, -0.2) is 0 Å². The number of ether oxygens (including phenoxy) is 4. The molecule has 0 radical (unpaired) electrons. The van der Waals surface area contributed by atoms with Crippen LogP contribution in [-0.4, -0.2) is 55.1 Å². The minimum Gasteiger partial charge on any atom is -0.463 e. The number of rotatable bonds is 6. The Balaban J connectivity index is 3.28. The summed E-state index contributed by atoms with van der Waals surface area (Å²) < 4.78 is 20.5. The van der Waals surface area contributed by atoms with Gasteiger partial charge < -0.3 is 18.9 Å². The summed E-state index contributed by atoms with van der Waals surface area (Å²) in [7, 11) is 0. The zero-order valence-electron chi connectivity index (χ0n) is 13.6. The quantitative estimate of drug-likeness (QED) is 0.224. The molecular weight excluding hydrogens is 340 g/mol. The summed E-state index contributed by atoms with van der Waals surface area (Å²) in [5.74, 6) is -2.12. The van der Waals surface area contributed by atoms with E-state index in [-0.39, 0.29) is 6.61 Å². The summed E-state index contributed by atoms with van der Waals surface area (Å²) in [6.45, 7) is 2.99. The number of carbonyl (C=O) groups excluding carboxylic acids is 3. The zero-order chi connectivity index (χ0) is 19.0. The summed E-state index contributed by atoms with van der Waals surface area (Å²) >= 11 is 0. The highest BCUT2D eigenvalue weighted by Crippen LogP contribution is 2.29. The van der Waals surface area contributed by atoms with Gasteiger partial charge in [-0.05, 0) is 11.1 Å². The van der Waals surface area contributed by atoms with Crippen molar-refractivity contribution in [3.05, 3.63) is 20.9 Å². The molecule has 1 saturated heterocycles. The number of azide groups is 2. The predicted molar refractivity (Wildman–Crippen MR) is 78.5 cm³/mol. The van der Waals surface area contributed by atoms with Gasteiger partial charge in [0.1, 0.15) is 25.0 Å². The summed E-state index contributed by atoms with van der Waals surface area (Å²) in [5, 5.41) is 6.77. The van der Waals surface area contributed by atoms with Crippen LogP contribution in [0.4, 0.5) is 0 Å². The molecule has 0 unspecified atom stereocenters. The summed E-state index contributed by atoms with van der Waals surface area (Å²) in [6.07, 6.45) is -5.03. The van der Waals surface area contributed by atoms with Gasteiger partial charge >= 0.3 is 17.9 Å². The second-order valence-corrected chi connectivity index (χ2v) is 4.92. The molecule has 0 amide bonds. The van der Waals surface area contributed by atoms with Crippen LogP contribution >= 0.6 is 0 Å². The van der Waals surface area contributed by atoms with Crippen molar-refractivity contribution in [3.8, 4) is 0 Å². The summed E-state index contributed by atoms with van der Waals surface area (Å²) in [6, 6.07) is -1.29. The van der Waals surface area contributed by atoms with Crippen molar-refractivity contribution in [1.82, 2.24) is 0 Å². The molecule has 13 heteroatoms. The van der Waals surface area contributed by atoms with Crippen LogP contribution < -0.4 is 0 Å². The third-order valence-corrected chi connectivity index (χ3v) is 3.04. The summed E-state index contributed by atoms with van der Waals surface area (Å²) in [4.78, 5) is 39.0. The van der Waals surface area contributed by atoms with Gasteiger partial charge in [0.25, 0.3) is 0 Å². The van der Waals surface area contributed by atoms with Gasteiger partial charge in [0.2, 0.25) is 0 Å². The lowest BCUT2D eigenvalue weighted by molar-refractivity contribution is -0.219. The van der Waals surface area contributed by atoms with Crippen molar-refractivity contribution < 1.29 is 33.3 Å². The third kappa shape index (κ3) is 5.84. The van der Waals surface area contributed by atoms with Gasteiger partial charge in [0, 0.05) is 30.6 Å². The van der Waals surface area contributed by atoms with E-state index >= 15 is 0 Å². The lowest BCUT2D eigenvalue weighted by atomic mass is 9.96. The number of hydrogen-bond donors (Lipinski definition) is 0. The van der Waals surface area contributed by atoms with E-state index in [1.807, 2.05) is 0 Å². The second kappa shape index (κ2) is 9.33. The average molecular weight is 356 g/mol. The number of esters is 3. The number of hydrogen-bond acceptors (Lipinski definition) is 9. The number of nitrogens with zero attached hydrogens (tertiary/aromatic N) is 6. The van der Waals surface area contributed by atoms with Crippen molar-refractivity contribution in [1.29, 1.82) is 0 Å². The molecule has 0 spiro atoms. The second-order valence-electron chi connectivity index (χ2n) is 4.92. The highest BCUT2D eigenvalue weighted by molar-refractivity contribution is 5.68. The predicted octanol–water partition coefficient (Wildman–Crippen LogP) is 1.13. The minimum absolute atomic E-state index is 0.370. The topological polar surface area (TPSA) is 186 Å². The van der Waals surface area contributed by atoms with Crippen molar-refractivity contribution in [2.75, 3.05) is 6.61 Å². The molecule has 1 aliphatic heterocycles. The fourth-order valence-corrected chi connectivity index (χ4v) is 2.23. The van der Waals surface area contributed by atoms with Crippen LogP contribution in [0.2, 0.25) is 0 Å². The molecule has 0 N–H and O–H groups in total. The monoisotopic (exact) mass is 356 g/mol. The van der Waals surface area contributed by atoms with Gasteiger partial charge in [-0.3, -0.25) is 14.4 Å². The Labute approximate surface area is 141 Å². The van der Waals surface area contributed by atoms with Gasteiger partial charge in [-0.1, -0.05) is 10.2 Å². The maximum Gasteiger partial charge on any atom is 0.303 e. The van der Waals surface area contributed by atoms with Crippen molar-refractivity contribution in [2.24, 2.45) is 10.2 Å². The maximum atomic E-state index is 11.4. The van der Waals surface area contributed by atoms with Crippen LogP contribution in [0.3, 0.4) is 0 Å². The maximum absolute atomic E-state index is 11.4. The molecule has 5 atom stereocenters. The van der Waals surface area contributed by atoms with Gasteiger partial charge in [0.05, 0.1) is 0 Å². The third-order valence-electron chi connectivity index (χ3n) is 3.04.